The molecular weight excluding hydrogens is 556 g/mol. The average Bonchev–Trinajstić information content (AvgIpc) is 2.91. The number of amides is 4. The van der Waals surface area contributed by atoms with E-state index >= 15 is 0 Å². The van der Waals surface area contributed by atoms with Crippen LogP contribution in [0.2, 0.25) is 0 Å². The number of carbonyl (C=O) groups is 4. The van der Waals surface area contributed by atoms with Crippen molar-refractivity contribution < 1.29 is 33.4 Å². The van der Waals surface area contributed by atoms with Crippen molar-refractivity contribution in [3.05, 3.63) is 93.5 Å². The largest absolute Gasteiger partial charge is 0.490 e. The molecule has 0 saturated carbocycles. The van der Waals surface area contributed by atoms with Crippen molar-refractivity contribution in [2.75, 3.05) is 18.6 Å². The van der Waals surface area contributed by atoms with E-state index in [4.69, 9.17) is 9.47 Å². The minimum Gasteiger partial charge on any atom is -0.490 e. The van der Waals surface area contributed by atoms with Crippen LogP contribution in [-0.2, 0) is 20.9 Å². The molecule has 3 aromatic rings. The van der Waals surface area contributed by atoms with Gasteiger partial charge in [-0.05, 0) is 72.7 Å². The van der Waals surface area contributed by atoms with Crippen LogP contribution in [0.25, 0.3) is 6.08 Å². The maximum Gasteiger partial charge on any atom is 0.337 e. The standard InChI is InChI=1S/C28H23BrN2O7/c1-3-37-24-15-18(6-13-23(24)38-16-17-4-9-20(29)10-5-17)14-22-25(32)30-28(35)31(26(22)33)21-11-7-19(8-12-21)27(34)36-2/h4-15H,3,16H2,1-2H3,(H,30,32,35)/b22-14+. The smallest absolute Gasteiger partial charge is 0.337 e. The SMILES string of the molecule is CCOc1cc(/C=C2\C(=O)NC(=O)N(c3ccc(C(=O)OC)cc3)C2=O)ccc1OCc1ccc(Br)cc1. The van der Waals surface area contributed by atoms with Crippen LogP contribution >= 0.6 is 15.9 Å². The number of rotatable bonds is 8. The van der Waals surface area contributed by atoms with Crippen molar-refractivity contribution in [1.82, 2.24) is 5.32 Å². The van der Waals surface area contributed by atoms with Crippen molar-refractivity contribution in [3.63, 3.8) is 0 Å². The van der Waals surface area contributed by atoms with E-state index in [-0.39, 0.29) is 16.8 Å². The Bertz CT molecular complexity index is 1420. The number of esters is 1. The number of methoxy groups -OCH3 is 1. The van der Waals surface area contributed by atoms with E-state index in [0.717, 1.165) is 14.9 Å². The summed E-state index contributed by atoms with van der Waals surface area (Å²) in [6.45, 7) is 2.52. The second-order valence-corrected chi connectivity index (χ2v) is 8.97. The Labute approximate surface area is 227 Å². The monoisotopic (exact) mass is 578 g/mol. The summed E-state index contributed by atoms with van der Waals surface area (Å²) in [6.07, 6.45) is 1.38. The molecular formula is C28H23BrN2O7. The van der Waals surface area contributed by atoms with E-state index in [9.17, 15) is 19.2 Å². The van der Waals surface area contributed by atoms with Crippen molar-refractivity contribution in [2.45, 2.75) is 13.5 Å². The number of ether oxygens (including phenoxy) is 3. The highest BCUT2D eigenvalue weighted by molar-refractivity contribution is 9.10. The third-order valence-electron chi connectivity index (χ3n) is 5.53. The van der Waals surface area contributed by atoms with Crippen LogP contribution in [0.15, 0.2) is 76.8 Å². The third-order valence-corrected chi connectivity index (χ3v) is 6.06. The van der Waals surface area contributed by atoms with E-state index in [1.807, 2.05) is 31.2 Å². The Morgan fingerprint density at radius 3 is 2.32 bits per heavy atom. The van der Waals surface area contributed by atoms with Crippen LogP contribution in [0.1, 0.15) is 28.4 Å². The number of benzene rings is 3. The van der Waals surface area contributed by atoms with Crippen LogP contribution in [-0.4, -0.2) is 37.5 Å². The third kappa shape index (κ3) is 5.92. The molecule has 1 saturated heterocycles. The lowest BCUT2D eigenvalue weighted by Gasteiger charge is -2.26. The lowest BCUT2D eigenvalue weighted by atomic mass is 10.1. The summed E-state index contributed by atoms with van der Waals surface area (Å²) in [4.78, 5) is 50.8. The van der Waals surface area contributed by atoms with Gasteiger partial charge < -0.3 is 14.2 Å². The number of imide groups is 2. The van der Waals surface area contributed by atoms with Gasteiger partial charge in [0.2, 0.25) is 0 Å². The molecule has 38 heavy (non-hydrogen) atoms. The number of hydrogen-bond acceptors (Lipinski definition) is 7. The summed E-state index contributed by atoms with van der Waals surface area (Å²) in [5, 5.41) is 2.18. The molecule has 9 nitrogen and oxygen atoms in total. The highest BCUT2D eigenvalue weighted by Crippen LogP contribution is 2.31. The van der Waals surface area contributed by atoms with Gasteiger partial charge in [0.15, 0.2) is 11.5 Å². The Morgan fingerprint density at radius 1 is 0.947 bits per heavy atom. The molecule has 0 unspecified atom stereocenters. The Hall–Kier alpha value is -4.44. The molecule has 0 bridgehead atoms. The van der Waals surface area contributed by atoms with Gasteiger partial charge in [-0.2, -0.15) is 0 Å². The van der Waals surface area contributed by atoms with E-state index in [1.165, 1.54) is 37.5 Å². The summed E-state index contributed by atoms with van der Waals surface area (Å²) < 4.78 is 17.3. The number of nitrogens with zero attached hydrogens (tertiary/aromatic N) is 1. The van der Waals surface area contributed by atoms with Gasteiger partial charge in [0, 0.05) is 4.47 Å². The molecule has 4 rings (SSSR count). The van der Waals surface area contributed by atoms with Gasteiger partial charge in [-0.1, -0.05) is 34.1 Å². The van der Waals surface area contributed by atoms with Gasteiger partial charge >= 0.3 is 12.0 Å². The van der Waals surface area contributed by atoms with Crippen LogP contribution < -0.4 is 19.7 Å². The summed E-state index contributed by atoms with van der Waals surface area (Å²) in [5.74, 6) is -1.25. The van der Waals surface area contributed by atoms with Crippen LogP contribution in [0.5, 0.6) is 11.5 Å². The zero-order chi connectivity index (χ0) is 27.2. The maximum atomic E-state index is 13.2. The van der Waals surface area contributed by atoms with Crippen LogP contribution in [0.4, 0.5) is 10.5 Å². The van der Waals surface area contributed by atoms with Crippen molar-refractivity contribution in [3.8, 4) is 11.5 Å². The van der Waals surface area contributed by atoms with Gasteiger partial charge in [0.25, 0.3) is 11.8 Å². The van der Waals surface area contributed by atoms with Crippen LogP contribution in [0, 0.1) is 0 Å². The van der Waals surface area contributed by atoms with Crippen molar-refractivity contribution in [2.24, 2.45) is 0 Å². The van der Waals surface area contributed by atoms with Crippen molar-refractivity contribution in [1.29, 1.82) is 0 Å². The molecule has 0 aliphatic carbocycles. The van der Waals surface area contributed by atoms with E-state index < -0.39 is 23.8 Å². The highest BCUT2D eigenvalue weighted by Gasteiger charge is 2.37. The molecule has 1 heterocycles. The predicted octanol–water partition coefficient (Wildman–Crippen LogP) is 4.88. The van der Waals surface area contributed by atoms with E-state index in [0.29, 0.717) is 30.3 Å². The molecule has 0 spiro atoms. The quantitative estimate of drug-likeness (QED) is 0.230. The molecule has 3 aromatic carbocycles. The summed E-state index contributed by atoms with van der Waals surface area (Å²) >= 11 is 3.40. The minimum atomic E-state index is -0.894. The molecule has 194 valence electrons. The molecule has 0 radical (unpaired) electrons. The number of carbonyl (C=O) groups excluding carboxylic acids is 4. The molecule has 0 aromatic heterocycles. The number of halogens is 1. The van der Waals surface area contributed by atoms with Gasteiger partial charge in [-0.15, -0.1) is 0 Å². The number of urea groups is 1. The molecule has 10 heteroatoms. The summed E-state index contributed by atoms with van der Waals surface area (Å²) in [6, 6.07) is 17.5. The summed E-state index contributed by atoms with van der Waals surface area (Å²) in [7, 11) is 1.25. The lowest BCUT2D eigenvalue weighted by molar-refractivity contribution is -0.122. The fourth-order valence-corrected chi connectivity index (χ4v) is 3.93. The average molecular weight is 579 g/mol. The normalized spacial score (nSPS) is 14.3. The van der Waals surface area contributed by atoms with Crippen LogP contribution in [0.3, 0.4) is 0 Å². The fourth-order valence-electron chi connectivity index (χ4n) is 3.67. The first-order chi connectivity index (χ1) is 18.3. The lowest BCUT2D eigenvalue weighted by Crippen LogP contribution is -2.54. The second kappa shape index (κ2) is 11.7. The minimum absolute atomic E-state index is 0.185. The Balaban J connectivity index is 1.59. The molecule has 0 atom stereocenters. The molecule has 1 aliphatic heterocycles. The Kier molecular flexibility index (Phi) is 8.22. The first-order valence-electron chi connectivity index (χ1n) is 11.5. The molecule has 1 aliphatic rings. The van der Waals surface area contributed by atoms with Crippen molar-refractivity contribution >= 4 is 51.5 Å². The summed E-state index contributed by atoms with van der Waals surface area (Å²) in [5.41, 5.74) is 1.66. The number of hydrogen-bond donors (Lipinski definition) is 1. The molecule has 1 N–H and O–H groups in total. The van der Waals surface area contributed by atoms with E-state index in [1.54, 1.807) is 18.2 Å². The van der Waals surface area contributed by atoms with E-state index in [2.05, 4.69) is 26.0 Å². The zero-order valence-electron chi connectivity index (χ0n) is 20.5. The first-order valence-corrected chi connectivity index (χ1v) is 12.3. The molecule has 1 fully saturated rings. The second-order valence-electron chi connectivity index (χ2n) is 8.05. The Morgan fingerprint density at radius 2 is 1.66 bits per heavy atom. The van der Waals surface area contributed by atoms with Gasteiger partial charge in [0.1, 0.15) is 12.2 Å². The molecule has 4 amide bonds. The highest BCUT2D eigenvalue weighted by atomic mass is 79.9. The zero-order valence-corrected chi connectivity index (χ0v) is 22.1. The van der Waals surface area contributed by atoms with Gasteiger partial charge in [-0.25, -0.2) is 14.5 Å². The topological polar surface area (TPSA) is 111 Å². The number of nitrogens with one attached hydrogen (secondary N) is 1. The predicted molar refractivity (Wildman–Crippen MR) is 143 cm³/mol. The number of barbiturate groups is 1. The fraction of sp³-hybridized carbons (Fsp3) is 0.143. The van der Waals surface area contributed by atoms with Gasteiger partial charge in [0.05, 0.1) is 25.0 Å². The van der Waals surface area contributed by atoms with Gasteiger partial charge in [-0.3, -0.25) is 14.9 Å². The maximum absolute atomic E-state index is 13.2. The first kappa shape index (κ1) is 26.6. The number of anilines is 1.